The van der Waals surface area contributed by atoms with E-state index in [4.69, 9.17) is 0 Å². The molecule has 6 heteroatoms. The summed E-state index contributed by atoms with van der Waals surface area (Å²) in [7, 11) is 1.51. The Morgan fingerprint density at radius 2 is 2.10 bits per heavy atom. The zero-order valence-corrected chi connectivity index (χ0v) is 12.3. The molecule has 20 heavy (non-hydrogen) atoms. The molecule has 1 aliphatic heterocycles. The zero-order chi connectivity index (χ0) is 14.4. The second-order valence-electron chi connectivity index (χ2n) is 5.82. The monoisotopic (exact) mass is 282 g/mol. The van der Waals surface area contributed by atoms with Crippen molar-refractivity contribution in [3.8, 4) is 0 Å². The van der Waals surface area contributed by atoms with Crippen molar-refractivity contribution in [1.82, 2.24) is 20.9 Å². The number of carbonyl (C=O) groups is 2. The van der Waals surface area contributed by atoms with Gasteiger partial charge in [0.1, 0.15) is 0 Å². The molecule has 6 nitrogen and oxygen atoms in total. The Morgan fingerprint density at radius 1 is 1.30 bits per heavy atom. The Kier molecular flexibility index (Phi) is 5.79. The lowest BCUT2D eigenvalue weighted by Crippen LogP contribution is -2.42. The first kappa shape index (κ1) is 15.3. The minimum Gasteiger partial charge on any atom is -0.341 e. The van der Waals surface area contributed by atoms with Crippen LogP contribution in [0.2, 0.25) is 0 Å². The van der Waals surface area contributed by atoms with Crippen molar-refractivity contribution in [2.75, 3.05) is 33.2 Å². The molecular weight excluding hydrogens is 256 g/mol. The van der Waals surface area contributed by atoms with Crippen molar-refractivity contribution >= 4 is 11.9 Å². The molecule has 0 aromatic rings. The number of nitrogens with zero attached hydrogens (tertiary/aromatic N) is 1. The first-order chi connectivity index (χ1) is 9.69. The maximum Gasteiger partial charge on any atom is 0.321 e. The van der Waals surface area contributed by atoms with E-state index in [2.05, 4.69) is 20.9 Å². The lowest BCUT2D eigenvalue weighted by atomic mass is 9.99. The average Bonchev–Trinajstić information content (AvgIpc) is 3.29. The standard InChI is InChI=1S/C14H26N4O2/c1-15-14(20)17-13(19)6-8-18(12-4-5-12)10-11-3-2-7-16-9-11/h11-12,16H,2-10H2,1H3,(H2,15,17,19,20). The van der Waals surface area contributed by atoms with Gasteiger partial charge in [0, 0.05) is 32.6 Å². The second-order valence-corrected chi connectivity index (χ2v) is 5.82. The molecule has 0 aromatic heterocycles. The van der Waals surface area contributed by atoms with Gasteiger partial charge in [-0.1, -0.05) is 0 Å². The van der Waals surface area contributed by atoms with Gasteiger partial charge in [0.2, 0.25) is 5.91 Å². The molecule has 114 valence electrons. The normalized spacial score (nSPS) is 22.6. The van der Waals surface area contributed by atoms with Crippen molar-refractivity contribution in [2.45, 2.75) is 38.1 Å². The summed E-state index contributed by atoms with van der Waals surface area (Å²) in [6, 6.07) is 0.231. The highest BCUT2D eigenvalue weighted by Gasteiger charge is 2.31. The van der Waals surface area contributed by atoms with Crippen LogP contribution in [0, 0.1) is 5.92 Å². The van der Waals surface area contributed by atoms with Crippen molar-refractivity contribution in [1.29, 1.82) is 0 Å². The minimum absolute atomic E-state index is 0.197. The Bertz CT molecular complexity index is 338. The number of amides is 3. The smallest absolute Gasteiger partial charge is 0.321 e. The van der Waals surface area contributed by atoms with E-state index in [0.29, 0.717) is 18.4 Å². The Morgan fingerprint density at radius 3 is 2.70 bits per heavy atom. The van der Waals surface area contributed by atoms with Crippen molar-refractivity contribution < 1.29 is 9.59 Å². The van der Waals surface area contributed by atoms with E-state index < -0.39 is 6.03 Å². The van der Waals surface area contributed by atoms with Crippen molar-refractivity contribution in [3.63, 3.8) is 0 Å². The molecule has 1 atom stereocenters. The molecule has 1 saturated carbocycles. The Hall–Kier alpha value is -1.14. The van der Waals surface area contributed by atoms with Gasteiger partial charge in [0.25, 0.3) is 0 Å². The molecule has 1 saturated heterocycles. The van der Waals surface area contributed by atoms with Crippen LogP contribution in [0.25, 0.3) is 0 Å². The molecule has 1 unspecified atom stereocenters. The van der Waals surface area contributed by atoms with Gasteiger partial charge in [0.05, 0.1) is 0 Å². The maximum atomic E-state index is 11.6. The van der Waals surface area contributed by atoms with Crippen LogP contribution in [-0.4, -0.2) is 56.1 Å². The largest absolute Gasteiger partial charge is 0.341 e. The van der Waals surface area contributed by atoms with Crippen LogP contribution >= 0.6 is 0 Å². The lowest BCUT2D eigenvalue weighted by molar-refractivity contribution is -0.120. The van der Waals surface area contributed by atoms with E-state index >= 15 is 0 Å². The number of hydrogen-bond acceptors (Lipinski definition) is 4. The summed E-state index contributed by atoms with van der Waals surface area (Å²) in [5, 5.41) is 8.15. The lowest BCUT2D eigenvalue weighted by Gasteiger charge is -2.30. The number of carbonyl (C=O) groups excluding carboxylic acids is 2. The fourth-order valence-electron chi connectivity index (χ4n) is 2.77. The van der Waals surface area contributed by atoms with Crippen LogP contribution < -0.4 is 16.0 Å². The van der Waals surface area contributed by atoms with Gasteiger partial charge in [-0.2, -0.15) is 0 Å². The number of urea groups is 1. The number of hydrogen-bond donors (Lipinski definition) is 3. The van der Waals surface area contributed by atoms with E-state index in [9.17, 15) is 9.59 Å². The summed E-state index contributed by atoms with van der Waals surface area (Å²) in [6.45, 7) is 4.05. The Balaban J connectivity index is 1.71. The van der Waals surface area contributed by atoms with Crippen LogP contribution in [0.4, 0.5) is 4.79 Å². The second kappa shape index (κ2) is 7.59. The summed E-state index contributed by atoms with van der Waals surface area (Å²) < 4.78 is 0. The molecule has 2 fully saturated rings. The predicted octanol–water partition coefficient (Wildman–Crippen LogP) is 0.296. The van der Waals surface area contributed by atoms with Gasteiger partial charge in [-0.05, 0) is 44.7 Å². The fourth-order valence-corrected chi connectivity index (χ4v) is 2.77. The van der Waals surface area contributed by atoms with Crippen LogP contribution in [0.15, 0.2) is 0 Å². The SMILES string of the molecule is CNC(=O)NC(=O)CCN(CC1CCCNC1)C1CC1. The summed E-state index contributed by atoms with van der Waals surface area (Å²) in [6.07, 6.45) is 5.42. The first-order valence-corrected chi connectivity index (χ1v) is 7.65. The fraction of sp³-hybridized carbons (Fsp3) is 0.857. The van der Waals surface area contributed by atoms with Gasteiger partial charge in [0.15, 0.2) is 0 Å². The highest BCUT2D eigenvalue weighted by molar-refractivity contribution is 5.94. The Labute approximate surface area is 120 Å². The van der Waals surface area contributed by atoms with Crippen LogP contribution in [0.1, 0.15) is 32.1 Å². The van der Waals surface area contributed by atoms with Gasteiger partial charge in [-0.3, -0.25) is 15.0 Å². The van der Waals surface area contributed by atoms with Gasteiger partial charge < -0.3 is 10.6 Å². The topological polar surface area (TPSA) is 73.5 Å². The number of rotatable bonds is 6. The van der Waals surface area contributed by atoms with E-state index in [0.717, 1.165) is 26.2 Å². The highest BCUT2D eigenvalue weighted by Crippen LogP contribution is 2.28. The number of imide groups is 1. The molecule has 0 aromatic carbocycles. The third-order valence-electron chi connectivity index (χ3n) is 4.06. The van der Waals surface area contributed by atoms with Crippen molar-refractivity contribution in [2.24, 2.45) is 5.92 Å². The molecule has 2 rings (SSSR count). The van der Waals surface area contributed by atoms with Crippen molar-refractivity contribution in [3.05, 3.63) is 0 Å². The first-order valence-electron chi connectivity index (χ1n) is 7.65. The van der Waals surface area contributed by atoms with E-state index in [-0.39, 0.29) is 5.91 Å². The zero-order valence-electron chi connectivity index (χ0n) is 12.3. The summed E-state index contributed by atoms with van der Waals surface area (Å²) >= 11 is 0. The highest BCUT2D eigenvalue weighted by atomic mass is 16.2. The maximum absolute atomic E-state index is 11.6. The predicted molar refractivity (Wildman–Crippen MR) is 77.4 cm³/mol. The molecule has 0 bridgehead atoms. The van der Waals surface area contributed by atoms with Crippen LogP contribution in [-0.2, 0) is 4.79 Å². The third kappa shape index (κ3) is 5.09. The van der Waals surface area contributed by atoms with E-state index in [1.54, 1.807) is 0 Å². The average molecular weight is 282 g/mol. The van der Waals surface area contributed by atoms with Crippen LogP contribution in [0.3, 0.4) is 0 Å². The molecule has 2 aliphatic rings. The van der Waals surface area contributed by atoms with E-state index in [1.807, 2.05) is 0 Å². The molecule has 1 heterocycles. The summed E-state index contributed by atoms with van der Waals surface area (Å²) in [5.74, 6) is 0.503. The van der Waals surface area contributed by atoms with Gasteiger partial charge in [-0.15, -0.1) is 0 Å². The molecule has 3 amide bonds. The van der Waals surface area contributed by atoms with Gasteiger partial charge >= 0.3 is 6.03 Å². The van der Waals surface area contributed by atoms with E-state index in [1.165, 1.54) is 32.7 Å². The number of nitrogens with one attached hydrogen (secondary N) is 3. The summed E-state index contributed by atoms with van der Waals surface area (Å²) in [5.41, 5.74) is 0. The van der Waals surface area contributed by atoms with Crippen LogP contribution in [0.5, 0.6) is 0 Å². The quantitative estimate of drug-likeness (QED) is 0.655. The minimum atomic E-state index is -0.426. The third-order valence-corrected chi connectivity index (χ3v) is 4.06. The number of piperidine rings is 1. The molecule has 3 N–H and O–H groups in total. The summed E-state index contributed by atoms with van der Waals surface area (Å²) in [4.78, 5) is 25.1. The molecule has 1 aliphatic carbocycles. The molecular formula is C14H26N4O2. The molecule has 0 radical (unpaired) electrons. The van der Waals surface area contributed by atoms with Gasteiger partial charge in [-0.25, -0.2) is 4.79 Å². The molecule has 0 spiro atoms.